The maximum atomic E-state index is 15.2. The summed E-state index contributed by atoms with van der Waals surface area (Å²) in [6, 6.07) is 12.2. The van der Waals surface area contributed by atoms with Crippen molar-refractivity contribution >= 4 is 65.5 Å². The molecule has 0 fully saturated rings. The molecule has 4 aromatic carbocycles. The van der Waals surface area contributed by atoms with Gasteiger partial charge in [-0.1, -0.05) is 50.9 Å². The Morgan fingerprint density at radius 3 is 1.52 bits per heavy atom. The third kappa shape index (κ3) is 9.32. The van der Waals surface area contributed by atoms with Crippen LogP contribution in [0.2, 0.25) is 0 Å². The van der Waals surface area contributed by atoms with Gasteiger partial charge < -0.3 is 23.7 Å². The third-order valence-corrected chi connectivity index (χ3v) is 9.53. The number of hydrogen-bond donors (Lipinski definition) is 1. The first kappa shape index (κ1) is 40.9. The second kappa shape index (κ2) is 18.4. The number of carbonyl (C=O) groups is 2. The smallest absolute Gasteiger partial charge is 0.188 e. The van der Waals surface area contributed by atoms with Gasteiger partial charge in [-0.05, 0) is 53.9 Å². The highest BCUT2D eigenvalue weighted by Gasteiger charge is 2.24. The Balaban J connectivity index is 0.000000208. The lowest BCUT2D eigenvalue weighted by atomic mass is 9.95. The van der Waals surface area contributed by atoms with E-state index in [-0.39, 0.29) is 83.9 Å². The predicted molar refractivity (Wildman–Crippen MR) is 203 cm³/mol. The monoisotopic (exact) mass is 874 g/mol. The first-order valence-electron chi connectivity index (χ1n) is 16.8. The Morgan fingerprint density at radius 1 is 0.704 bits per heavy atom. The maximum absolute atomic E-state index is 15.2. The molecule has 0 aliphatic carbocycles. The lowest BCUT2D eigenvalue weighted by Gasteiger charge is -2.13. The summed E-state index contributed by atoms with van der Waals surface area (Å²) < 4.78 is 73.7. The van der Waals surface area contributed by atoms with Gasteiger partial charge in [0.1, 0.15) is 35.9 Å². The first-order valence-corrected chi connectivity index (χ1v) is 18.4. The normalized spacial score (nSPS) is 11.3. The van der Waals surface area contributed by atoms with Gasteiger partial charge in [-0.3, -0.25) is 9.59 Å². The summed E-state index contributed by atoms with van der Waals surface area (Å²) in [6.07, 6.45) is 3.57. The molecule has 15 heteroatoms. The van der Waals surface area contributed by atoms with E-state index in [0.717, 1.165) is 6.42 Å². The number of ether oxygens (including phenoxy) is 2. The van der Waals surface area contributed by atoms with Gasteiger partial charge in [0.25, 0.3) is 0 Å². The van der Waals surface area contributed by atoms with Gasteiger partial charge in [0.15, 0.2) is 23.2 Å². The van der Waals surface area contributed by atoms with Crippen LogP contribution in [-0.4, -0.2) is 68.8 Å². The maximum Gasteiger partial charge on any atom is 0.188 e. The molecule has 0 saturated heterocycles. The number of aryl methyl sites for hydroxylation is 2. The average molecular weight is 877 g/mol. The zero-order valence-electron chi connectivity index (χ0n) is 29.6. The fourth-order valence-corrected chi connectivity index (χ4v) is 6.44. The Hall–Kier alpha value is -4.28. The van der Waals surface area contributed by atoms with Gasteiger partial charge in [0.2, 0.25) is 0 Å². The summed E-state index contributed by atoms with van der Waals surface area (Å²) in [5, 5.41) is 8.79. The summed E-state index contributed by atoms with van der Waals surface area (Å²) >= 11 is 6.39. The standard InChI is InChI=1S/C20H19BrF2N2O2.C19H17BrF2N2O3/c1-3-6-27-10-18(26)14-9-17-20(24-11-25(17)2)19(23)15(14)7-12-4-5-13(21)8-16(12)22;1-24-10-23-19-16(24)8-13(17(26)9-27-5-4-25)14(18(19)22)6-11-2-3-12(20)7-15(11)21/h4-5,8-9,11H,3,6-7,10H2,1-2H3;2-3,7-8,10,25H,4-6,9H2,1H3. The number of fused-ring (bicyclic) bond motifs is 2. The molecular formula is C39H36Br2F4N4O5. The molecule has 0 amide bonds. The van der Waals surface area contributed by atoms with Gasteiger partial charge in [0, 0.05) is 64.7 Å². The fraction of sp³-hybridized carbons (Fsp3) is 0.282. The van der Waals surface area contributed by atoms with E-state index in [0.29, 0.717) is 32.1 Å². The van der Waals surface area contributed by atoms with Crippen LogP contribution >= 0.6 is 31.9 Å². The molecule has 0 bridgehead atoms. The number of hydrogen-bond acceptors (Lipinski definition) is 7. The number of carbonyl (C=O) groups excluding carboxylic acids is 2. The first-order chi connectivity index (χ1) is 25.8. The van der Waals surface area contributed by atoms with E-state index in [9.17, 15) is 18.4 Å². The lowest BCUT2D eigenvalue weighted by molar-refractivity contribution is 0.0662. The number of aliphatic hydroxyl groups is 1. The van der Waals surface area contributed by atoms with Crippen molar-refractivity contribution in [3.8, 4) is 0 Å². The molecule has 0 radical (unpaired) electrons. The van der Waals surface area contributed by atoms with Crippen molar-refractivity contribution in [2.75, 3.05) is 33.0 Å². The van der Waals surface area contributed by atoms with Gasteiger partial charge >= 0.3 is 0 Å². The molecular weight excluding hydrogens is 840 g/mol. The number of Topliss-reactive ketones (excluding diaryl/α,β-unsaturated/α-hetero) is 2. The quantitative estimate of drug-likeness (QED) is 0.0668. The summed E-state index contributed by atoms with van der Waals surface area (Å²) in [5.74, 6) is -3.00. The largest absolute Gasteiger partial charge is 0.394 e. The SMILES string of the molecule is CCCOCC(=O)c1cc2c(ncn2C)c(F)c1Cc1ccc(Br)cc1F.Cn1cnc2c(F)c(Cc3ccc(Br)cc3F)c(C(=O)COCCO)cc21. The Morgan fingerprint density at radius 2 is 1.13 bits per heavy atom. The van der Waals surface area contributed by atoms with Crippen molar-refractivity contribution < 1.29 is 41.7 Å². The molecule has 284 valence electrons. The molecule has 6 aromatic rings. The second-order valence-corrected chi connectivity index (χ2v) is 14.2. The topological polar surface area (TPSA) is 108 Å². The molecule has 2 heterocycles. The number of rotatable bonds is 14. The number of imidazole rings is 2. The van der Waals surface area contributed by atoms with Crippen LogP contribution in [-0.2, 0) is 36.4 Å². The van der Waals surface area contributed by atoms with Crippen molar-refractivity contribution in [2.45, 2.75) is 26.2 Å². The lowest BCUT2D eigenvalue weighted by Crippen LogP contribution is -2.15. The number of nitrogens with zero attached hydrogens (tertiary/aromatic N) is 4. The van der Waals surface area contributed by atoms with Crippen molar-refractivity contribution in [3.05, 3.63) is 127 Å². The zero-order valence-corrected chi connectivity index (χ0v) is 32.7. The summed E-state index contributed by atoms with van der Waals surface area (Å²) in [7, 11) is 3.42. The van der Waals surface area contributed by atoms with Gasteiger partial charge in [0.05, 0.1) is 36.9 Å². The molecule has 2 aromatic heterocycles. The summed E-state index contributed by atoms with van der Waals surface area (Å²) in [6.45, 7) is 1.70. The number of aliphatic hydroxyl groups excluding tert-OH is 1. The molecule has 54 heavy (non-hydrogen) atoms. The number of benzene rings is 4. The number of ketones is 2. The van der Waals surface area contributed by atoms with E-state index in [2.05, 4.69) is 41.8 Å². The highest BCUT2D eigenvalue weighted by Crippen LogP contribution is 2.30. The number of halogens is 6. The fourth-order valence-electron chi connectivity index (χ4n) is 5.78. The minimum atomic E-state index is -0.652. The van der Waals surface area contributed by atoms with E-state index in [1.807, 2.05) is 6.92 Å². The minimum Gasteiger partial charge on any atom is -0.394 e. The second-order valence-electron chi connectivity index (χ2n) is 12.4. The van der Waals surface area contributed by atoms with Crippen LogP contribution in [0.1, 0.15) is 56.3 Å². The van der Waals surface area contributed by atoms with E-state index in [4.69, 9.17) is 14.6 Å². The van der Waals surface area contributed by atoms with Crippen molar-refractivity contribution in [1.29, 1.82) is 0 Å². The van der Waals surface area contributed by atoms with Gasteiger partial charge in [-0.25, -0.2) is 27.5 Å². The van der Waals surface area contributed by atoms with Crippen molar-refractivity contribution in [1.82, 2.24) is 19.1 Å². The predicted octanol–water partition coefficient (Wildman–Crippen LogP) is 8.21. The van der Waals surface area contributed by atoms with Gasteiger partial charge in [-0.2, -0.15) is 0 Å². The van der Waals surface area contributed by atoms with E-state index >= 15 is 8.78 Å². The van der Waals surface area contributed by atoms with E-state index in [1.54, 1.807) is 53.6 Å². The third-order valence-electron chi connectivity index (χ3n) is 8.54. The van der Waals surface area contributed by atoms with E-state index in [1.165, 1.54) is 30.9 Å². The molecule has 0 atom stereocenters. The molecule has 0 aliphatic rings. The van der Waals surface area contributed by atoms with Crippen LogP contribution in [0.5, 0.6) is 0 Å². The molecule has 6 rings (SSSR count). The Kier molecular flexibility index (Phi) is 13.9. The highest BCUT2D eigenvalue weighted by atomic mass is 79.9. The van der Waals surface area contributed by atoms with E-state index < -0.39 is 29.1 Å². The summed E-state index contributed by atoms with van der Waals surface area (Å²) in [4.78, 5) is 33.4. The Labute approximate surface area is 325 Å². The van der Waals surface area contributed by atoms with Crippen LogP contribution in [0.15, 0.2) is 70.1 Å². The van der Waals surface area contributed by atoms with Crippen LogP contribution in [0, 0.1) is 23.3 Å². The van der Waals surface area contributed by atoms with Crippen LogP contribution < -0.4 is 0 Å². The highest BCUT2D eigenvalue weighted by molar-refractivity contribution is 9.10. The van der Waals surface area contributed by atoms with Crippen LogP contribution in [0.3, 0.4) is 0 Å². The van der Waals surface area contributed by atoms with Crippen LogP contribution in [0.4, 0.5) is 17.6 Å². The molecule has 9 nitrogen and oxygen atoms in total. The molecule has 0 aliphatic heterocycles. The molecule has 1 N–H and O–H groups in total. The zero-order chi connectivity index (χ0) is 39.1. The van der Waals surface area contributed by atoms with Gasteiger partial charge in [-0.15, -0.1) is 0 Å². The molecule has 0 unspecified atom stereocenters. The minimum absolute atomic E-state index is 0.00114. The number of aromatic nitrogens is 4. The van der Waals surface area contributed by atoms with Crippen molar-refractivity contribution in [3.63, 3.8) is 0 Å². The Bertz CT molecular complexity index is 2170. The van der Waals surface area contributed by atoms with Crippen molar-refractivity contribution in [2.24, 2.45) is 14.1 Å². The molecule has 0 saturated carbocycles. The summed E-state index contributed by atoms with van der Waals surface area (Å²) in [5.41, 5.74) is 2.32. The molecule has 0 spiro atoms. The van der Waals surface area contributed by atoms with Crippen LogP contribution in [0.25, 0.3) is 22.1 Å². The average Bonchev–Trinajstić information content (AvgIpc) is 3.71.